The van der Waals surface area contributed by atoms with Crippen molar-refractivity contribution >= 4 is 11.8 Å². The molecule has 0 spiro atoms. The Kier molecular flexibility index (Phi) is 8.43. The van der Waals surface area contributed by atoms with Gasteiger partial charge in [0.05, 0.1) is 19.1 Å². The number of hydrogen-bond acceptors (Lipinski definition) is 4. The molecule has 0 aromatic heterocycles. The van der Waals surface area contributed by atoms with E-state index in [1.165, 1.54) is 12.1 Å². The molecule has 7 heteroatoms. The molecule has 2 aliphatic heterocycles. The van der Waals surface area contributed by atoms with Crippen LogP contribution in [0.25, 0.3) is 0 Å². The molecule has 3 rings (SSSR count). The highest BCUT2D eigenvalue weighted by molar-refractivity contribution is 5.83. The van der Waals surface area contributed by atoms with E-state index in [-0.39, 0.29) is 23.5 Å². The zero-order valence-electron chi connectivity index (χ0n) is 17.1. The predicted octanol–water partition coefficient (Wildman–Crippen LogP) is 1.84. The van der Waals surface area contributed by atoms with Gasteiger partial charge >= 0.3 is 0 Å². The first-order valence-corrected chi connectivity index (χ1v) is 10.7. The lowest BCUT2D eigenvalue weighted by molar-refractivity contribution is -0.138. The number of benzene rings is 1. The molecule has 2 aliphatic rings. The predicted molar refractivity (Wildman–Crippen MR) is 109 cm³/mol. The Labute approximate surface area is 172 Å². The summed E-state index contributed by atoms with van der Waals surface area (Å²) >= 11 is 0. The van der Waals surface area contributed by atoms with Crippen molar-refractivity contribution in [2.75, 3.05) is 52.5 Å². The molecule has 6 nitrogen and oxygen atoms in total. The molecule has 0 aliphatic carbocycles. The molecule has 2 amide bonds. The van der Waals surface area contributed by atoms with Crippen molar-refractivity contribution < 1.29 is 18.7 Å². The zero-order chi connectivity index (χ0) is 20.5. The van der Waals surface area contributed by atoms with E-state index in [1.54, 1.807) is 12.1 Å². The molecule has 1 aromatic carbocycles. The minimum absolute atomic E-state index is 0.0368. The molecule has 0 saturated carbocycles. The highest BCUT2D eigenvalue weighted by Gasteiger charge is 2.29. The number of carbonyl (C=O) groups is 2. The van der Waals surface area contributed by atoms with E-state index in [9.17, 15) is 14.0 Å². The van der Waals surface area contributed by atoms with Crippen LogP contribution in [0.5, 0.6) is 0 Å². The highest BCUT2D eigenvalue weighted by atomic mass is 19.1. The van der Waals surface area contributed by atoms with Gasteiger partial charge in [-0.05, 0) is 43.4 Å². The number of nitrogens with one attached hydrogen (secondary N) is 1. The third kappa shape index (κ3) is 7.08. The maximum Gasteiger partial charge on any atom is 0.224 e. The summed E-state index contributed by atoms with van der Waals surface area (Å²) < 4.78 is 18.3. The fourth-order valence-electron chi connectivity index (χ4n) is 3.95. The lowest BCUT2D eigenvalue weighted by Gasteiger charge is -2.33. The molecule has 1 unspecified atom stereocenters. The van der Waals surface area contributed by atoms with E-state index < -0.39 is 0 Å². The van der Waals surface area contributed by atoms with Crippen LogP contribution in [-0.2, 0) is 20.7 Å². The van der Waals surface area contributed by atoms with Crippen LogP contribution in [0.15, 0.2) is 24.3 Å². The van der Waals surface area contributed by atoms with Gasteiger partial charge in [-0.15, -0.1) is 0 Å². The number of carbonyl (C=O) groups excluding carboxylic acids is 2. The van der Waals surface area contributed by atoms with Crippen LogP contribution >= 0.6 is 0 Å². The maximum absolute atomic E-state index is 12.9. The molecule has 0 bridgehead atoms. The topological polar surface area (TPSA) is 61.9 Å². The van der Waals surface area contributed by atoms with Gasteiger partial charge in [0.2, 0.25) is 11.8 Å². The van der Waals surface area contributed by atoms with Crippen molar-refractivity contribution in [3.05, 3.63) is 35.6 Å². The first-order chi connectivity index (χ1) is 14.1. The summed E-state index contributed by atoms with van der Waals surface area (Å²) in [4.78, 5) is 28.9. The standard InChI is InChI=1S/C22H32FN3O3/c23-20-7-4-18(5-8-20)3-1-10-24-22(28)19-6-9-21(27)26(17-19)12-2-11-25-13-15-29-16-14-25/h4-5,7-8,19H,1-3,6,9-17H2,(H,24,28). The molecule has 1 aromatic rings. The molecule has 2 heterocycles. The molecule has 160 valence electrons. The second-order valence-electron chi connectivity index (χ2n) is 7.90. The fraction of sp³-hybridized carbons (Fsp3) is 0.636. The number of piperidine rings is 1. The van der Waals surface area contributed by atoms with Crippen LogP contribution in [-0.4, -0.2) is 74.1 Å². The molecular formula is C22H32FN3O3. The molecule has 29 heavy (non-hydrogen) atoms. The molecule has 1 atom stereocenters. The zero-order valence-corrected chi connectivity index (χ0v) is 17.1. The van der Waals surface area contributed by atoms with Gasteiger partial charge in [-0.2, -0.15) is 0 Å². The van der Waals surface area contributed by atoms with Crippen LogP contribution in [0.4, 0.5) is 4.39 Å². The number of hydrogen-bond donors (Lipinski definition) is 1. The van der Waals surface area contributed by atoms with E-state index in [4.69, 9.17) is 4.74 Å². The van der Waals surface area contributed by atoms with Gasteiger partial charge in [-0.3, -0.25) is 14.5 Å². The van der Waals surface area contributed by atoms with Crippen LogP contribution in [0.2, 0.25) is 0 Å². The van der Waals surface area contributed by atoms with E-state index >= 15 is 0 Å². The van der Waals surface area contributed by atoms with Crippen LogP contribution in [0, 0.1) is 11.7 Å². The van der Waals surface area contributed by atoms with Gasteiger partial charge in [-0.25, -0.2) is 4.39 Å². The SMILES string of the molecule is O=C(NCCCc1ccc(F)cc1)C1CCC(=O)N(CCCN2CCOCC2)C1. The summed E-state index contributed by atoms with van der Waals surface area (Å²) in [5, 5.41) is 3.00. The Morgan fingerprint density at radius 2 is 1.90 bits per heavy atom. The monoisotopic (exact) mass is 405 g/mol. The Morgan fingerprint density at radius 3 is 2.66 bits per heavy atom. The first-order valence-electron chi connectivity index (χ1n) is 10.7. The third-order valence-electron chi connectivity index (χ3n) is 5.73. The summed E-state index contributed by atoms with van der Waals surface area (Å²) in [6.07, 6.45) is 3.62. The summed E-state index contributed by atoms with van der Waals surface area (Å²) in [6.45, 7) is 6.27. The summed E-state index contributed by atoms with van der Waals surface area (Å²) in [5.41, 5.74) is 1.07. The van der Waals surface area contributed by atoms with Gasteiger partial charge in [0, 0.05) is 45.7 Å². The van der Waals surface area contributed by atoms with Gasteiger partial charge in [0.1, 0.15) is 5.82 Å². The Bertz CT molecular complexity index is 662. The fourth-order valence-corrected chi connectivity index (χ4v) is 3.95. The van der Waals surface area contributed by atoms with Crippen molar-refractivity contribution in [1.82, 2.24) is 15.1 Å². The van der Waals surface area contributed by atoms with Gasteiger partial charge < -0.3 is 15.0 Å². The quantitative estimate of drug-likeness (QED) is 0.637. The van der Waals surface area contributed by atoms with Crippen molar-refractivity contribution in [3.63, 3.8) is 0 Å². The number of halogens is 1. The Morgan fingerprint density at radius 1 is 1.14 bits per heavy atom. The van der Waals surface area contributed by atoms with Crippen LogP contribution < -0.4 is 5.32 Å². The number of amides is 2. The maximum atomic E-state index is 12.9. The number of ether oxygens (including phenoxy) is 1. The third-order valence-corrected chi connectivity index (χ3v) is 5.73. The second kappa shape index (κ2) is 11.3. The average Bonchev–Trinajstić information content (AvgIpc) is 2.74. The smallest absolute Gasteiger partial charge is 0.224 e. The Balaban J connectivity index is 1.34. The molecule has 2 saturated heterocycles. The van der Waals surface area contributed by atoms with Crippen molar-refractivity contribution in [2.45, 2.75) is 32.1 Å². The normalized spacial score (nSPS) is 20.7. The number of likely N-dealkylation sites (tertiary alicyclic amines) is 1. The van der Waals surface area contributed by atoms with Crippen molar-refractivity contribution in [1.29, 1.82) is 0 Å². The van der Waals surface area contributed by atoms with Crippen LogP contribution in [0.1, 0.15) is 31.2 Å². The largest absolute Gasteiger partial charge is 0.379 e. The Hall–Kier alpha value is -1.99. The number of aryl methyl sites for hydroxylation is 1. The number of nitrogens with zero attached hydrogens (tertiary/aromatic N) is 2. The highest BCUT2D eigenvalue weighted by Crippen LogP contribution is 2.18. The van der Waals surface area contributed by atoms with E-state index in [1.807, 2.05) is 4.90 Å². The number of rotatable bonds is 9. The van der Waals surface area contributed by atoms with Gasteiger partial charge in [0.25, 0.3) is 0 Å². The summed E-state index contributed by atoms with van der Waals surface area (Å²) in [6, 6.07) is 6.47. The summed E-state index contributed by atoms with van der Waals surface area (Å²) in [5.74, 6) is -0.160. The lowest BCUT2D eigenvalue weighted by atomic mass is 9.96. The van der Waals surface area contributed by atoms with Crippen LogP contribution in [0.3, 0.4) is 0 Å². The molecule has 0 radical (unpaired) electrons. The lowest BCUT2D eigenvalue weighted by Crippen LogP contribution is -2.47. The average molecular weight is 406 g/mol. The van der Waals surface area contributed by atoms with E-state index in [2.05, 4.69) is 10.2 Å². The first kappa shape index (κ1) is 21.7. The number of morpholine rings is 1. The van der Waals surface area contributed by atoms with Crippen molar-refractivity contribution in [3.8, 4) is 0 Å². The molecule has 1 N–H and O–H groups in total. The minimum Gasteiger partial charge on any atom is -0.379 e. The van der Waals surface area contributed by atoms with Gasteiger partial charge in [0.15, 0.2) is 0 Å². The van der Waals surface area contributed by atoms with Gasteiger partial charge in [-0.1, -0.05) is 12.1 Å². The summed E-state index contributed by atoms with van der Waals surface area (Å²) in [7, 11) is 0. The molecular weight excluding hydrogens is 373 g/mol. The van der Waals surface area contributed by atoms with Crippen molar-refractivity contribution in [2.24, 2.45) is 5.92 Å². The van der Waals surface area contributed by atoms with E-state index in [0.29, 0.717) is 32.5 Å². The second-order valence-corrected chi connectivity index (χ2v) is 7.90. The molecule has 2 fully saturated rings. The van der Waals surface area contributed by atoms with E-state index in [0.717, 1.165) is 57.7 Å². The minimum atomic E-state index is -0.233.